The number of carbonyl (C=O) groups is 1. The summed E-state index contributed by atoms with van der Waals surface area (Å²) in [5.41, 5.74) is -1.09. The van der Waals surface area contributed by atoms with E-state index in [0.717, 1.165) is 12.8 Å². The van der Waals surface area contributed by atoms with Gasteiger partial charge in [-0.25, -0.2) is 9.59 Å². The molecule has 2 rings (SSSR count). The summed E-state index contributed by atoms with van der Waals surface area (Å²) in [6, 6.07) is 1.54. The second-order valence-corrected chi connectivity index (χ2v) is 6.47. The fourth-order valence-electron chi connectivity index (χ4n) is 2.14. The third-order valence-electron chi connectivity index (χ3n) is 3.06. The number of anilines is 1. The van der Waals surface area contributed by atoms with Crippen molar-refractivity contribution >= 4 is 24.5 Å². The van der Waals surface area contributed by atoms with Crippen LogP contribution in [-0.2, 0) is 9.47 Å². The first-order valence-electron chi connectivity index (χ1n) is 7.14. The number of nitrogens with one attached hydrogen (secondary N) is 1. The Morgan fingerprint density at radius 2 is 2.27 bits per heavy atom. The highest BCUT2D eigenvalue weighted by molar-refractivity contribution is 7.80. The van der Waals surface area contributed by atoms with E-state index in [1.54, 1.807) is 33.0 Å². The first kappa shape index (κ1) is 16.8. The quantitative estimate of drug-likeness (QED) is 0.832. The Morgan fingerprint density at radius 3 is 2.82 bits per heavy atom. The molecule has 0 spiro atoms. The predicted octanol–water partition coefficient (Wildman–Crippen LogP) is 2.20. The van der Waals surface area contributed by atoms with Crippen LogP contribution in [0.25, 0.3) is 0 Å². The Hall–Kier alpha value is -1.54. The maximum atomic E-state index is 12.0. The summed E-state index contributed by atoms with van der Waals surface area (Å²) in [5.74, 6) is 0.774. The maximum Gasteiger partial charge on any atom is 0.413 e. The molecule has 2 heterocycles. The average molecular weight is 327 g/mol. The van der Waals surface area contributed by atoms with Crippen LogP contribution in [-0.4, -0.2) is 33.1 Å². The highest BCUT2D eigenvalue weighted by atomic mass is 32.1. The van der Waals surface area contributed by atoms with Crippen LogP contribution in [0.2, 0.25) is 0 Å². The van der Waals surface area contributed by atoms with Gasteiger partial charge in [-0.1, -0.05) is 0 Å². The predicted molar refractivity (Wildman–Crippen MR) is 85.4 cm³/mol. The molecule has 22 heavy (non-hydrogen) atoms. The molecule has 2 unspecified atom stereocenters. The molecule has 1 aliphatic rings. The van der Waals surface area contributed by atoms with Crippen molar-refractivity contribution in [3.05, 3.63) is 22.7 Å². The average Bonchev–Trinajstić information content (AvgIpc) is 2.85. The summed E-state index contributed by atoms with van der Waals surface area (Å²) in [4.78, 5) is 27.5. The number of carbonyl (C=O) groups excluding carboxylic acids is 1. The van der Waals surface area contributed by atoms with Gasteiger partial charge in [0.1, 0.15) is 17.6 Å². The fourth-order valence-corrected chi connectivity index (χ4v) is 2.40. The van der Waals surface area contributed by atoms with Crippen LogP contribution < -0.4 is 11.0 Å². The van der Waals surface area contributed by atoms with Crippen LogP contribution in [0, 0.1) is 0 Å². The number of amides is 1. The second-order valence-electron chi connectivity index (χ2n) is 6.10. The van der Waals surface area contributed by atoms with Gasteiger partial charge in [0.05, 0.1) is 6.10 Å². The van der Waals surface area contributed by atoms with Gasteiger partial charge in [0.2, 0.25) is 0 Å². The number of hydrogen-bond acceptors (Lipinski definition) is 6. The molecule has 0 aliphatic carbocycles. The van der Waals surface area contributed by atoms with Gasteiger partial charge in [0.25, 0.3) is 0 Å². The molecule has 2 atom stereocenters. The van der Waals surface area contributed by atoms with Crippen molar-refractivity contribution in [2.45, 2.75) is 51.5 Å². The van der Waals surface area contributed by atoms with Gasteiger partial charge in [-0.15, -0.1) is 0 Å². The van der Waals surface area contributed by atoms with E-state index in [1.807, 2.05) is 0 Å². The molecule has 1 amide bonds. The summed E-state index contributed by atoms with van der Waals surface area (Å²) in [5, 5.41) is 2.44. The zero-order chi connectivity index (χ0) is 16.3. The minimum absolute atomic E-state index is 0.0554. The Bertz CT molecular complexity index is 596. The molecule has 122 valence electrons. The van der Waals surface area contributed by atoms with Gasteiger partial charge in [-0.3, -0.25) is 9.88 Å². The Balaban J connectivity index is 2.04. The summed E-state index contributed by atoms with van der Waals surface area (Å²) in [6.45, 7) is 5.27. The molecule has 1 N–H and O–H groups in total. The Kier molecular flexibility index (Phi) is 5.12. The van der Waals surface area contributed by atoms with Crippen LogP contribution in [0.1, 0.15) is 39.8 Å². The molecule has 0 bridgehead atoms. The Labute approximate surface area is 134 Å². The lowest BCUT2D eigenvalue weighted by Gasteiger charge is -2.19. The molecule has 1 aliphatic heterocycles. The molecule has 1 aromatic rings. The smallest absolute Gasteiger partial charge is 0.413 e. The standard InChI is InChI=1S/C14H21N3O4S/c1-14(2,3)21-13(19)16-10-6-7-17(12(18)15-10)11-5-4-9(8-22)20-11/h6-7,9,11,22H,4-5,8H2,1-3H3,(H,15,16,18,19). The van der Waals surface area contributed by atoms with Crippen molar-refractivity contribution in [1.82, 2.24) is 9.55 Å². The van der Waals surface area contributed by atoms with Gasteiger partial charge >= 0.3 is 11.8 Å². The van der Waals surface area contributed by atoms with Crippen molar-refractivity contribution in [1.29, 1.82) is 0 Å². The van der Waals surface area contributed by atoms with Crippen LogP contribution >= 0.6 is 12.6 Å². The van der Waals surface area contributed by atoms with E-state index in [0.29, 0.717) is 5.75 Å². The third kappa shape index (κ3) is 4.48. The number of ether oxygens (including phenoxy) is 2. The molecule has 0 radical (unpaired) electrons. The van der Waals surface area contributed by atoms with E-state index in [1.165, 1.54) is 4.57 Å². The second kappa shape index (κ2) is 6.70. The number of hydrogen-bond donors (Lipinski definition) is 2. The van der Waals surface area contributed by atoms with E-state index < -0.39 is 17.4 Å². The van der Waals surface area contributed by atoms with Crippen LogP contribution in [0.5, 0.6) is 0 Å². The number of aromatic nitrogens is 2. The van der Waals surface area contributed by atoms with Crippen LogP contribution in [0.4, 0.5) is 10.6 Å². The van der Waals surface area contributed by atoms with E-state index in [9.17, 15) is 9.59 Å². The number of nitrogens with zero attached hydrogens (tertiary/aromatic N) is 2. The van der Waals surface area contributed by atoms with Crippen LogP contribution in [0.15, 0.2) is 17.1 Å². The number of rotatable bonds is 3. The number of thiol groups is 1. The zero-order valence-electron chi connectivity index (χ0n) is 12.9. The summed E-state index contributed by atoms with van der Waals surface area (Å²) < 4.78 is 12.2. The molecule has 1 aromatic heterocycles. The van der Waals surface area contributed by atoms with E-state index in [-0.39, 0.29) is 18.1 Å². The van der Waals surface area contributed by atoms with Crippen LogP contribution in [0.3, 0.4) is 0 Å². The van der Waals surface area contributed by atoms with Gasteiger partial charge in [-0.2, -0.15) is 17.6 Å². The highest BCUT2D eigenvalue weighted by Gasteiger charge is 2.26. The zero-order valence-corrected chi connectivity index (χ0v) is 13.8. The van der Waals surface area contributed by atoms with E-state index in [2.05, 4.69) is 22.9 Å². The first-order valence-corrected chi connectivity index (χ1v) is 7.77. The normalized spacial score (nSPS) is 21.6. The lowest BCUT2D eigenvalue weighted by molar-refractivity contribution is 0.0103. The van der Waals surface area contributed by atoms with Gasteiger partial charge in [0.15, 0.2) is 0 Å². The first-order chi connectivity index (χ1) is 10.3. The molecular formula is C14H21N3O4S. The van der Waals surface area contributed by atoms with Gasteiger partial charge in [0, 0.05) is 11.9 Å². The van der Waals surface area contributed by atoms with Crippen molar-refractivity contribution in [2.24, 2.45) is 0 Å². The van der Waals surface area contributed by atoms with Crippen molar-refractivity contribution < 1.29 is 14.3 Å². The van der Waals surface area contributed by atoms with E-state index in [4.69, 9.17) is 9.47 Å². The lowest BCUT2D eigenvalue weighted by atomic mass is 10.2. The highest BCUT2D eigenvalue weighted by Crippen LogP contribution is 2.27. The molecule has 1 fully saturated rings. The monoisotopic (exact) mass is 327 g/mol. The maximum absolute atomic E-state index is 12.0. The van der Waals surface area contributed by atoms with Crippen molar-refractivity contribution in [2.75, 3.05) is 11.1 Å². The molecule has 1 saturated heterocycles. The topological polar surface area (TPSA) is 82.5 Å². The van der Waals surface area contributed by atoms with Crippen molar-refractivity contribution in [3.63, 3.8) is 0 Å². The van der Waals surface area contributed by atoms with Gasteiger partial charge < -0.3 is 9.47 Å². The molecular weight excluding hydrogens is 306 g/mol. The third-order valence-corrected chi connectivity index (χ3v) is 3.47. The molecule has 7 nitrogen and oxygen atoms in total. The van der Waals surface area contributed by atoms with Gasteiger partial charge in [-0.05, 0) is 39.7 Å². The molecule has 0 aromatic carbocycles. The minimum Gasteiger partial charge on any atom is -0.444 e. The summed E-state index contributed by atoms with van der Waals surface area (Å²) >= 11 is 4.19. The minimum atomic E-state index is -0.649. The largest absolute Gasteiger partial charge is 0.444 e. The Morgan fingerprint density at radius 1 is 1.55 bits per heavy atom. The fraction of sp³-hybridized carbons (Fsp3) is 0.643. The summed E-state index contributed by atoms with van der Waals surface area (Å²) in [6.07, 6.45) is 2.24. The van der Waals surface area contributed by atoms with E-state index >= 15 is 0 Å². The molecule has 0 saturated carbocycles. The van der Waals surface area contributed by atoms with Crippen molar-refractivity contribution in [3.8, 4) is 0 Å². The summed E-state index contributed by atoms with van der Waals surface area (Å²) in [7, 11) is 0. The lowest BCUT2D eigenvalue weighted by Crippen LogP contribution is -2.30. The SMILES string of the molecule is CC(C)(C)OC(=O)Nc1ccn(C2CCC(CS)O2)c(=O)n1. The molecule has 8 heteroatoms.